The average molecular weight is 443 g/mol. The Morgan fingerprint density at radius 3 is 1.84 bits per heavy atom. The van der Waals surface area contributed by atoms with Crippen LogP contribution in [0, 0.1) is 47.9 Å². The van der Waals surface area contributed by atoms with Gasteiger partial charge in [-0.1, -0.05) is 18.2 Å². The molecule has 2 aromatic carbocycles. The molecule has 0 aromatic heterocycles. The molecular formula is C28H30F4. The molecule has 0 amide bonds. The van der Waals surface area contributed by atoms with Crippen molar-refractivity contribution in [2.45, 2.75) is 70.6 Å². The average Bonchev–Trinajstić information content (AvgIpc) is 3.18. The first-order chi connectivity index (χ1) is 15.4. The van der Waals surface area contributed by atoms with Gasteiger partial charge in [-0.25, -0.2) is 17.6 Å². The molecule has 0 radical (unpaired) electrons. The molecule has 2 fully saturated rings. The Balaban J connectivity index is 1.36. The van der Waals surface area contributed by atoms with Crippen LogP contribution >= 0.6 is 0 Å². The normalized spacial score (nSPS) is 27.2. The molecule has 0 bridgehead atoms. The number of halogens is 4. The summed E-state index contributed by atoms with van der Waals surface area (Å²) in [7, 11) is 0. The molecule has 3 aliphatic rings. The number of benzene rings is 2. The Labute approximate surface area is 187 Å². The van der Waals surface area contributed by atoms with Crippen LogP contribution in [0.4, 0.5) is 17.6 Å². The van der Waals surface area contributed by atoms with E-state index in [0.717, 1.165) is 31.6 Å². The highest BCUT2D eigenvalue weighted by Gasteiger charge is 2.35. The second-order valence-electron chi connectivity index (χ2n) is 10.2. The molecular weight excluding hydrogens is 412 g/mol. The van der Waals surface area contributed by atoms with Crippen molar-refractivity contribution in [1.29, 1.82) is 0 Å². The minimum absolute atomic E-state index is 0.0115. The van der Waals surface area contributed by atoms with E-state index < -0.39 is 23.3 Å². The van der Waals surface area contributed by atoms with Gasteiger partial charge in [0.25, 0.3) is 0 Å². The molecule has 0 N–H and O–H groups in total. The van der Waals surface area contributed by atoms with E-state index in [1.807, 2.05) is 0 Å². The largest absolute Gasteiger partial charge is 0.203 e. The monoisotopic (exact) mass is 442 g/mol. The lowest BCUT2D eigenvalue weighted by Crippen LogP contribution is -2.25. The number of fused-ring (bicyclic) bond motifs is 3. The molecule has 0 saturated heterocycles. The number of allylic oxidation sites excluding steroid dienone is 1. The van der Waals surface area contributed by atoms with Crippen LogP contribution in [0.3, 0.4) is 0 Å². The third kappa shape index (κ3) is 3.50. The van der Waals surface area contributed by atoms with Crippen LogP contribution in [-0.4, -0.2) is 0 Å². The quantitative estimate of drug-likeness (QED) is 0.282. The summed E-state index contributed by atoms with van der Waals surface area (Å²) in [5.74, 6) is -1.92. The van der Waals surface area contributed by atoms with Gasteiger partial charge >= 0.3 is 0 Å². The second-order valence-corrected chi connectivity index (χ2v) is 10.2. The number of rotatable bonds is 3. The maximum atomic E-state index is 15.2. The summed E-state index contributed by atoms with van der Waals surface area (Å²) in [6.45, 7) is 5.42. The van der Waals surface area contributed by atoms with E-state index in [0.29, 0.717) is 34.9 Å². The topological polar surface area (TPSA) is 0 Å². The fourth-order valence-electron chi connectivity index (χ4n) is 6.60. The zero-order valence-corrected chi connectivity index (χ0v) is 18.6. The van der Waals surface area contributed by atoms with Gasteiger partial charge in [0.15, 0.2) is 23.3 Å². The fourth-order valence-corrected chi connectivity index (χ4v) is 6.60. The van der Waals surface area contributed by atoms with Gasteiger partial charge in [-0.05, 0) is 111 Å². The molecule has 0 aliphatic heterocycles. The van der Waals surface area contributed by atoms with Gasteiger partial charge in [0, 0.05) is 11.1 Å². The van der Waals surface area contributed by atoms with Crippen molar-refractivity contribution in [1.82, 2.24) is 0 Å². The number of hydrogen-bond donors (Lipinski definition) is 0. The van der Waals surface area contributed by atoms with Crippen LogP contribution in [0.1, 0.15) is 79.5 Å². The molecule has 0 heterocycles. The molecule has 0 atom stereocenters. The number of hydrogen-bond acceptors (Lipinski definition) is 0. The molecule has 5 rings (SSSR count). The van der Waals surface area contributed by atoms with Crippen LogP contribution in [0.2, 0.25) is 0 Å². The van der Waals surface area contributed by atoms with Gasteiger partial charge in [0.05, 0.1) is 0 Å². The summed E-state index contributed by atoms with van der Waals surface area (Å²) in [6.07, 6.45) is 11.1. The minimum atomic E-state index is -1.07. The highest BCUT2D eigenvalue weighted by molar-refractivity contribution is 5.79. The lowest BCUT2D eigenvalue weighted by Gasteiger charge is -2.37. The predicted octanol–water partition coefficient (Wildman–Crippen LogP) is 8.39. The Morgan fingerprint density at radius 1 is 0.719 bits per heavy atom. The molecule has 2 saturated carbocycles. The van der Waals surface area contributed by atoms with Crippen molar-refractivity contribution in [2.75, 3.05) is 0 Å². The third-order valence-corrected chi connectivity index (χ3v) is 8.45. The lowest BCUT2D eigenvalue weighted by atomic mass is 9.68. The van der Waals surface area contributed by atoms with E-state index >= 15 is 8.78 Å². The Hall–Kier alpha value is -2.10. The summed E-state index contributed by atoms with van der Waals surface area (Å²) in [5.41, 5.74) is 1.51. The minimum Gasteiger partial charge on any atom is -0.203 e. The summed E-state index contributed by atoms with van der Waals surface area (Å²) in [5, 5.41) is 0. The van der Waals surface area contributed by atoms with Crippen molar-refractivity contribution in [3.8, 4) is 11.1 Å². The standard InChI is InChI=1S/C28H30F4/c1-3-16-4-6-17(7-5-16)18-8-10-19(11-9-18)22-14-21-13-20-12-15(2)25(29)27(31)23(20)24(21)28(32)26(22)30/h3,12,14,16-19H,1,4-11,13H2,2H3. The molecule has 0 unspecified atom stereocenters. The van der Waals surface area contributed by atoms with Crippen LogP contribution in [0.5, 0.6) is 0 Å². The van der Waals surface area contributed by atoms with Crippen LogP contribution < -0.4 is 0 Å². The summed E-state index contributed by atoms with van der Waals surface area (Å²) in [6, 6.07) is 3.28. The van der Waals surface area contributed by atoms with Crippen molar-refractivity contribution in [3.63, 3.8) is 0 Å². The van der Waals surface area contributed by atoms with E-state index in [1.165, 1.54) is 32.6 Å². The SMILES string of the molecule is C=CC1CCC(C2CCC(c3cc4c(c(F)c3F)-c3c(cc(C)c(F)c3F)C4)CC2)CC1. The third-order valence-electron chi connectivity index (χ3n) is 8.45. The van der Waals surface area contributed by atoms with Gasteiger partial charge < -0.3 is 0 Å². The van der Waals surface area contributed by atoms with Crippen LogP contribution in [-0.2, 0) is 6.42 Å². The van der Waals surface area contributed by atoms with Crippen molar-refractivity contribution in [2.24, 2.45) is 17.8 Å². The molecule has 0 nitrogen and oxygen atoms in total. The van der Waals surface area contributed by atoms with Crippen molar-refractivity contribution >= 4 is 0 Å². The predicted molar refractivity (Wildman–Crippen MR) is 120 cm³/mol. The van der Waals surface area contributed by atoms with Gasteiger partial charge in [-0.3, -0.25) is 0 Å². The Bertz CT molecular complexity index is 1050. The van der Waals surface area contributed by atoms with Gasteiger partial charge in [0.2, 0.25) is 0 Å². The van der Waals surface area contributed by atoms with Gasteiger partial charge in [-0.2, -0.15) is 0 Å². The molecule has 4 heteroatoms. The summed E-state index contributed by atoms with van der Waals surface area (Å²) in [4.78, 5) is 0. The molecule has 32 heavy (non-hydrogen) atoms. The Morgan fingerprint density at radius 2 is 1.25 bits per heavy atom. The zero-order chi connectivity index (χ0) is 22.6. The molecule has 170 valence electrons. The van der Waals surface area contributed by atoms with Crippen molar-refractivity contribution < 1.29 is 17.6 Å². The van der Waals surface area contributed by atoms with E-state index in [1.54, 1.807) is 12.1 Å². The highest BCUT2D eigenvalue weighted by Crippen LogP contribution is 2.48. The van der Waals surface area contributed by atoms with Crippen LogP contribution in [0.25, 0.3) is 11.1 Å². The smallest absolute Gasteiger partial charge is 0.167 e. The highest BCUT2D eigenvalue weighted by atomic mass is 19.2. The lowest BCUT2D eigenvalue weighted by molar-refractivity contribution is 0.170. The molecule has 2 aromatic rings. The molecule has 0 spiro atoms. The van der Waals surface area contributed by atoms with Gasteiger partial charge in [0.1, 0.15) is 0 Å². The summed E-state index contributed by atoms with van der Waals surface area (Å²) >= 11 is 0. The maximum Gasteiger partial charge on any atom is 0.167 e. The first-order valence-corrected chi connectivity index (χ1v) is 12.0. The second kappa shape index (κ2) is 8.35. The van der Waals surface area contributed by atoms with E-state index in [9.17, 15) is 8.78 Å². The van der Waals surface area contributed by atoms with Crippen molar-refractivity contribution in [3.05, 3.63) is 70.3 Å². The first kappa shape index (κ1) is 21.7. The van der Waals surface area contributed by atoms with E-state index in [4.69, 9.17) is 0 Å². The fraction of sp³-hybridized carbons (Fsp3) is 0.500. The molecule has 3 aliphatic carbocycles. The van der Waals surface area contributed by atoms with E-state index in [2.05, 4.69) is 12.7 Å². The zero-order valence-electron chi connectivity index (χ0n) is 18.6. The maximum absolute atomic E-state index is 15.2. The van der Waals surface area contributed by atoms with Crippen LogP contribution in [0.15, 0.2) is 24.8 Å². The van der Waals surface area contributed by atoms with Gasteiger partial charge in [-0.15, -0.1) is 6.58 Å². The summed E-state index contributed by atoms with van der Waals surface area (Å²) < 4.78 is 59.1. The van der Waals surface area contributed by atoms with E-state index in [-0.39, 0.29) is 22.6 Å². The Kier molecular flexibility index (Phi) is 5.67. The first-order valence-electron chi connectivity index (χ1n) is 12.0. The number of aryl methyl sites for hydroxylation is 1.